The number of likely N-dealkylation sites (N-methyl/N-ethyl adjacent to an activating group) is 1. The predicted octanol–water partition coefficient (Wildman–Crippen LogP) is 0.514. The summed E-state index contributed by atoms with van der Waals surface area (Å²) in [6.45, 7) is 1.12. The summed E-state index contributed by atoms with van der Waals surface area (Å²) in [4.78, 5) is 2.30. The van der Waals surface area contributed by atoms with Gasteiger partial charge >= 0.3 is 0 Å². The maximum absolute atomic E-state index is 6.12. The highest BCUT2D eigenvalue weighted by atomic mass is 15.3. The smallest absolute Gasteiger partial charge is 0.0811 e. The van der Waals surface area contributed by atoms with Crippen LogP contribution in [0.5, 0.6) is 0 Å². The van der Waals surface area contributed by atoms with Crippen LogP contribution in [0.2, 0.25) is 0 Å². The topological polar surface area (TPSA) is 47.1 Å². The van der Waals surface area contributed by atoms with Gasteiger partial charge in [-0.05, 0) is 32.5 Å². The van der Waals surface area contributed by atoms with E-state index < -0.39 is 0 Å². The lowest BCUT2D eigenvalue weighted by Crippen LogP contribution is -2.44. The van der Waals surface area contributed by atoms with Gasteiger partial charge in [-0.1, -0.05) is 0 Å². The first kappa shape index (κ1) is 9.68. The van der Waals surface area contributed by atoms with Crippen LogP contribution in [0.3, 0.4) is 0 Å². The molecule has 0 spiro atoms. The van der Waals surface area contributed by atoms with Gasteiger partial charge < -0.3 is 5.73 Å². The van der Waals surface area contributed by atoms with Crippen molar-refractivity contribution in [1.82, 2.24) is 14.7 Å². The molecule has 2 unspecified atom stereocenters. The molecule has 1 saturated heterocycles. The summed E-state index contributed by atoms with van der Waals surface area (Å²) in [5, 5.41) is 4.43. The SMILES string of the molecule is CN1CCCC(N)C1c1ccn(C)n1. The van der Waals surface area contributed by atoms with Crippen molar-refractivity contribution in [2.75, 3.05) is 13.6 Å². The third-order valence-corrected chi connectivity index (χ3v) is 2.97. The largest absolute Gasteiger partial charge is 0.326 e. The van der Waals surface area contributed by atoms with Crippen molar-refractivity contribution in [3.05, 3.63) is 18.0 Å². The molecule has 2 heterocycles. The first-order chi connectivity index (χ1) is 6.68. The van der Waals surface area contributed by atoms with E-state index in [1.807, 2.05) is 17.9 Å². The zero-order valence-corrected chi connectivity index (χ0v) is 8.85. The number of hydrogen-bond donors (Lipinski definition) is 1. The minimum absolute atomic E-state index is 0.226. The molecule has 1 fully saturated rings. The molecule has 4 nitrogen and oxygen atoms in total. The monoisotopic (exact) mass is 194 g/mol. The number of aromatic nitrogens is 2. The Morgan fingerprint density at radius 1 is 1.50 bits per heavy atom. The summed E-state index contributed by atoms with van der Waals surface area (Å²) < 4.78 is 1.84. The minimum Gasteiger partial charge on any atom is -0.326 e. The quantitative estimate of drug-likeness (QED) is 0.708. The van der Waals surface area contributed by atoms with Crippen molar-refractivity contribution >= 4 is 0 Å². The van der Waals surface area contributed by atoms with E-state index in [1.165, 1.54) is 6.42 Å². The lowest BCUT2D eigenvalue weighted by atomic mass is 9.95. The highest BCUT2D eigenvalue weighted by Crippen LogP contribution is 2.27. The maximum Gasteiger partial charge on any atom is 0.0811 e. The van der Waals surface area contributed by atoms with Gasteiger partial charge in [-0.15, -0.1) is 0 Å². The second-order valence-electron chi connectivity index (χ2n) is 4.15. The van der Waals surface area contributed by atoms with Crippen molar-refractivity contribution in [3.63, 3.8) is 0 Å². The number of piperidine rings is 1. The zero-order valence-electron chi connectivity index (χ0n) is 8.85. The normalized spacial score (nSPS) is 29.4. The first-order valence-electron chi connectivity index (χ1n) is 5.14. The number of nitrogens with two attached hydrogens (primary N) is 1. The lowest BCUT2D eigenvalue weighted by Gasteiger charge is -2.36. The Balaban J connectivity index is 2.22. The van der Waals surface area contributed by atoms with Crippen molar-refractivity contribution in [3.8, 4) is 0 Å². The van der Waals surface area contributed by atoms with Crippen LogP contribution in [0.15, 0.2) is 12.3 Å². The van der Waals surface area contributed by atoms with E-state index in [9.17, 15) is 0 Å². The van der Waals surface area contributed by atoms with E-state index in [4.69, 9.17) is 5.73 Å². The Morgan fingerprint density at radius 2 is 2.29 bits per heavy atom. The van der Waals surface area contributed by atoms with Gasteiger partial charge in [0.1, 0.15) is 0 Å². The molecule has 2 N–H and O–H groups in total. The van der Waals surface area contributed by atoms with Crippen LogP contribution in [-0.4, -0.2) is 34.3 Å². The van der Waals surface area contributed by atoms with Gasteiger partial charge in [0.05, 0.1) is 11.7 Å². The summed E-state index contributed by atoms with van der Waals surface area (Å²) in [7, 11) is 4.07. The van der Waals surface area contributed by atoms with Crippen LogP contribution in [-0.2, 0) is 7.05 Å². The minimum atomic E-state index is 0.226. The Bertz CT molecular complexity index is 297. The van der Waals surface area contributed by atoms with E-state index >= 15 is 0 Å². The number of rotatable bonds is 1. The van der Waals surface area contributed by atoms with Crippen molar-refractivity contribution in [1.29, 1.82) is 0 Å². The van der Waals surface area contributed by atoms with Gasteiger partial charge in [-0.3, -0.25) is 9.58 Å². The second-order valence-corrected chi connectivity index (χ2v) is 4.15. The summed E-state index contributed by atoms with van der Waals surface area (Å²) in [6, 6.07) is 2.58. The Labute approximate surface area is 84.7 Å². The van der Waals surface area contributed by atoms with Crippen molar-refractivity contribution in [2.45, 2.75) is 24.9 Å². The number of hydrogen-bond acceptors (Lipinski definition) is 3. The fourth-order valence-electron chi connectivity index (χ4n) is 2.24. The molecule has 2 rings (SSSR count). The molecule has 0 amide bonds. The number of nitrogens with zero attached hydrogens (tertiary/aromatic N) is 3. The summed E-state index contributed by atoms with van der Waals surface area (Å²) in [5.41, 5.74) is 7.22. The molecule has 0 aromatic carbocycles. The van der Waals surface area contributed by atoms with Crippen LogP contribution in [0.1, 0.15) is 24.6 Å². The molecule has 0 radical (unpaired) electrons. The molecule has 2 atom stereocenters. The fraction of sp³-hybridized carbons (Fsp3) is 0.700. The van der Waals surface area contributed by atoms with Crippen LogP contribution >= 0.6 is 0 Å². The van der Waals surface area contributed by atoms with Crippen LogP contribution in [0, 0.1) is 0 Å². The van der Waals surface area contributed by atoms with Gasteiger partial charge in [-0.2, -0.15) is 5.10 Å². The average Bonchev–Trinajstić information content (AvgIpc) is 2.51. The van der Waals surface area contributed by atoms with Gasteiger partial charge in [0.2, 0.25) is 0 Å². The van der Waals surface area contributed by atoms with E-state index in [0.717, 1.165) is 18.7 Å². The molecular formula is C10H18N4. The van der Waals surface area contributed by atoms with Crippen LogP contribution in [0.25, 0.3) is 0 Å². The molecule has 0 saturated carbocycles. The van der Waals surface area contributed by atoms with Crippen molar-refractivity contribution in [2.24, 2.45) is 12.8 Å². The van der Waals surface area contributed by atoms with Crippen LogP contribution < -0.4 is 5.73 Å². The van der Waals surface area contributed by atoms with E-state index in [-0.39, 0.29) is 6.04 Å². The third-order valence-electron chi connectivity index (χ3n) is 2.97. The summed E-state index contributed by atoms with van der Waals surface area (Å²) in [6.07, 6.45) is 4.27. The van der Waals surface area contributed by atoms with Crippen LogP contribution in [0.4, 0.5) is 0 Å². The second kappa shape index (κ2) is 3.71. The predicted molar refractivity (Wildman–Crippen MR) is 55.8 cm³/mol. The summed E-state index contributed by atoms with van der Waals surface area (Å²) in [5.74, 6) is 0. The highest BCUT2D eigenvalue weighted by molar-refractivity contribution is 5.09. The van der Waals surface area contributed by atoms with Gasteiger partial charge in [-0.25, -0.2) is 0 Å². The highest BCUT2D eigenvalue weighted by Gasteiger charge is 2.29. The van der Waals surface area contributed by atoms with Gasteiger partial charge in [0.15, 0.2) is 0 Å². The molecular weight excluding hydrogens is 176 g/mol. The first-order valence-corrected chi connectivity index (χ1v) is 5.14. The Kier molecular flexibility index (Phi) is 2.56. The molecule has 14 heavy (non-hydrogen) atoms. The molecule has 4 heteroatoms. The molecule has 0 aliphatic carbocycles. The average molecular weight is 194 g/mol. The molecule has 1 aliphatic heterocycles. The molecule has 1 aromatic rings. The van der Waals surface area contributed by atoms with E-state index in [2.05, 4.69) is 23.1 Å². The number of likely N-dealkylation sites (tertiary alicyclic amines) is 1. The Hall–Kier alpha value is -0.870. The molecule has 1 aromatic heterocycles. The maximum atomic E-state index is 6.12. The Morgan fingerprint density at radius 3 is 2.86 bits per heavy atom. The third kappa shape index (κ3) is 1.67. The lowest BCUT2D eigenvalue weighted by molar-refractivity contribution is 0.158. The molecule has 78 valence electrons. The standard InChI is InChI=1S/C10H18N4/c1-13-6-3-4-8(11)10(13)9-5-7-14(2)12-9/h5,7-8,10H,3-4,6,11H2,1-2H3. The number of aryl methyl sites for hydroxylation is 1. The van der Waals surface area contributed by atoms with E-state index in [0.29, 0.717) is 6.04 Å². The fourth-order valence-corrected chi connectivity index (χ4v) is 2.24. The van der Waals surface area contributed by atoms with Gasteiger partial charge in [0, 0.05) is 19.3 Å². The van der Waals surface area contributed by atoms with Gasteiger partial charge in [0.25, 0.3) is 0 Å². The summed E-state index contributed by atoms with van der Waals surface area (Å²) >= 11 is 0. The van der Waals surface area contributed by atoms with Crippen molar-refractivity contribution < 1.29 is 0 Å². The zero-order chi connectivity index (χ0) is 10.1. The molecule has 0 bridgehead atoms. The van der Waals surface area contributed by atoms with E-state index in [1.54, 1.807) is 0 Å². The molecule has 1 aliphatic rings.